The molecule has 0 heterocycles. The molecule has 3 aromatic carbocycles. The second-order valence-electron chi connectivity index (χ2n) is 4.37. The monoisotopic (exact) mass is 287 g/mol. The Hall–Kier alpha value is -1.70. The summed E-state index contributed by atoms with van der Waals surface area (Å²) in [6.45, 7) is 0. The highest BCUT2D eigenvalue weighted by molar-refractivity contribution is 6.36. The fourth-order valence-corrected chi connectivity index (χ4v) is 2.66. The summed E-state index contributed by atoms with van der Waals surface area (Å²) in [4.78, 5) is 0. The molecule has 1 nitrogen and oxygen atoms in total. The Bertz CT molecular complexity index is 766. The molecule has 3 heteroatoms. The van der Waals surface area contributed by atoms with Gasteiger partial charge in [-0.3, -0.25) is 0 Å². The summed E-state index contributed by atoms with van der Waals surface area (Å²) in [5.74, 6) is 0. The van der Waals surface area contributed by atoms with Crippen molar-refractivity contribution in [2.45, 2.75) is 0 Å². The van der Waals surface area contributed by atoms with Crippen molar-refractivity contribution in [3.05, 3.63) is 64.6 Å². The Labute approximate surface area is 121 Å². The first-order valence-electron chi connectivity index (χ1n) is 5.89. The van der Waals surface area contributed by atoms with Crippen LogP contribution in [-0.4, -0.2) is 0 Å². The van der Waals surface area contributed by atoms with Gasteiger partial charge in [-0.1, -0.05) is 53.5 Å². The van der Waals surface area contributed by atoms with Crippen molar-refractivity contribution in [3.63, 3.8) is 0 Å². The van der Waals surface area contributed by atoms with Gasteiger partial charge in [0, 0.05) is 26.7 Å². The summed E-state index contributed by atoms with van der Waals surface area (Å²) in [5.41, 5.74) is 8.74. The van der Waals surface area contributed by atoms with Crippen molar-refractivity contribution in [1.29, 1.82) is 0 Å². The van der Waals surface area contributed by atoms with Gasteiger partial charge >= 0.3 is 0 Å². The van der Waals surface area contributed by atoms with E-state index in [-0.39, 0.29) is 0 Å². The van der Waals surface area contributed by atoms with Crippen LogP contribution in [0.1, 0.15) is 0 Å². The van der Waals surface area contributed by atoms with Crippen molar-refractivity contribution < 1.29 is 0 Å². The molecule has 2 N–H and O–H groups in total. The van der Waals surface area contributed by atoms with E-state index in [2.05, 4.69) is 0 Å². The Morgan fingerprint density at radius 3 is 2.26 bits per heavy atom. The Kier molecular flexibility index (Phi) is 3.09. The smallest absolute Gasteiger partial charge is 0.0484 e. The molecule has 0 spiro atoms. The molecule has 3 aromatic rings. The van der Waals surface area contributed by atoms with Crippen molar-refractivity contribution in [2.24, 2.45) is 0 Å². The highest BCUT2D eigenvalue weighted by Crippen LogP contribution is 2.36. The van der Waals surface area contributed by atoms with Crippen LogP contribution in [0.3, 0.4) is 0 Å². The first-order valence-corrected chi connectivity index (χ1v) is 6.65. The third-order valence-electron chi connectivity index (χ3n) is 3.18. The lowest BCUT2D eigenvalue weighted by molar-refractivity contribution is 1.63. The van der Waals surface area contributed by atoms with Crippen LogP contribution in [0.15, 0.2) is 54.6 Å². The maximum Gasteiger partial charge on any atom is 0.0484 e. The van der Waals surface area contributed by atoms with Crippen LogP contribution in [-0.2, 0) is 0 Å². The molecule has 0 saturated heterocycles. The first kappa shape index (κ1) is 12.3. The molecule has 0 saturated carbocycles. The van der Waals surface area contributed by atoms with Crippen LogP contribution in [0.2, 0.25) is 10.0 Å². The summed E-state index contributed by atoms with van der Waals surface area (Å²) in [7, 11) is 0. The molecule has 0 aromatic heterocycles. The van der Waals surface area contributed by atoms with E-state index in [1.54, 1.807) is 6.07 Å². The van der Waals surface area contributed by atoms with Gasteiger partial charge in [0.15, 0.2) is 0 Å². The molecule has 0 radical (unpaired) electrons. The maximum atomic E-state index is 6.23. The zero-order valence-corrected chi connectivity index (χ0v) is 11.5. The van der Waals surface area contributed by atoms with Gasteiger partial charge in [0.25, 0.3) is 0 Å². The first-order chi connectivity index (χ1) is 9.16. The number of halogens is 2. The summed E-state index contributed by atoms with van der Waals surface area (Å²) >= 11 is 12.3. The molecular weight excluding hydrogens is 277 g/mol. The number of anilines is 1. The summed E-state index contributed by atoms with van der Waals surface area (Å²) in [6.07, 6.45) is 0. The summed E-state index contributed by atoms with van der Waals surface area (Å²) < 4.78 is 0. The second kappa shape index (κ2) is 4.76. The maximum absolute atomic E-state index is 6.23. The van der Waals surface area contributed by atoms with Crippen LogP contribution < -0.4 is 5.73 Å². The zero-order valence-electron chi connectivity index (χ0n) is 10.0. The molecular formula is C16H11Cl2N. The van der Waals surface area contributed by atoms with E-state index in [9.17, 15) is 0 Å². The van der Waals surface area contributed by atoms with Crippen LogP contribution in [0.25, 0.3) is 21.9 Å². The standard InChI is InChI=1S/C16H11Cl2N/c17-10-5-8-16(19)14(9-10)12-6-7-15(18)13-4-2-1-3-11(12)13/h1-9H,19H2. The fraction of sp³-hybridized carbons (Fsp3) is 0. The van der Waals surface area contributed by atoms with Crippen LogP contribution >= 0.6 is 23.2 Å². The van der Waals surface area contributed by atoms with Crippen molar-refractivity contribution in [3.8, 4) is 11.1 Å². The minimum atomic E-state index is 0.670. The number of nitrogen functional groups attached to an aromatic ring is 1. The van der Waals surface area contributed by atoms with Gasteiger partial charge in [0.05, 0.1) is 0 Å². The van der Waals surface area contributed by atoms with E-state index in [0.29, 0.717) is 10.7 Å². The largest absolute Gasteiger partial charge is 0.398 e. The SMILES string of the molecule is Nc1ccc(Cl)cc1-c1ccc(Cl)c2ccccc12. The number of fused-ring (bicyclic) bond motifs is 1. The van der Waals surface area contributed by atoms with E-state index in [0.717, 1.165) is 26.9 Å². The van der Waals surface area contributed by atoms with E-state index in [1.807, 2.05) is 48.5 Å². The Morgan fingerprint density at radius 2 is 1.47 bits per heavy atom. The van der Waals surface area contributed by atoms with Gasteiger partial charge in [-0.2, -0.15) is 0 Å². The molecule has 0 bridgehead atoms. The molecule has 19 heavy (non-hydrogen) atoms. The second-order valence-corrected chi connectivity index (χ2v) is 5.22. The zero-order chi connectivity index (χ0) is 13.4. The van der Waals surface area contributed by atoms with Crippen molar-refractivity contribution in [2.75, 3.05) is 5.73 Å². The third kappa shape index (κ3) is 2.16. The van der Waals surface area contributed by atoms with Gasteiger partial charge in [-0.15, -0.1) is 0 Å². The molecule has 0 aliphatic carbocycles. The highest BCUT2D eigenvalue weighted by atomic mass is 35.5. The van der Waals surface area contributed by atoms with E-state index < -0.39 is 0 Å². The minimum Gasteiger partial charge on any atom is -0.398 e. The lowest BCUT2D eigenvalue weighted by Gasteiger charge is -2.11. The molecule has 3 rings (SSSR count). The fourth-order valence-electron chi connectivity index (χ4n) is 2.26. The van der Waals surface area contributed by atoms with E-state index in [4.69, 9.17) is 28.9 Å². The number of rotatable bonds is 1. The lowest BCUT2D eigenvalue weighted by atomic mass is 9.97. The lowest BCUT2D eigenvalue weighted by Crippen LogP contribution is -1.91. The number of benzene rings is 3. The third-order valence-corrected chi connectivity index (χ3v) is 3.74. The normalized spacial score (nSPS) is 10.8. The summed E-state index contributed by atoms with van der Waals surface area (Å²) in [5, 5.41) is 3.49. The molecule has 0 aliphatic rings. The number of hydrogen-bond acceptors (Lipinski definition) is 1. The van der Waals surface area contributed by atoms with Gasteiger partial charge in [0.2, 0.25) is 0 Å². The average molecular weight is 288 g/mol. The molecule has 0 unspecified atom stereocenters. The molecule has 0 atom stereocenters. The minimum absolute atomic E-state index is 0.670. The Morgan fingerprint density at radius 1 is 0.737 bits per heavy atom. The topological polar surface area (TPSA) is 26.0 Å². The van der Waals surface area contributed by atoms with Crippen LogP contribution in [0.5, 0.6) is 0 Å². The molecule has 94 valence electrons. The van der Waals surface area contributed by atoms with Crippen molar-refractivity contribution in [1.82, 2.24) is 0 Å². The molecule has 0 fully saturated rings. The van der Waals surface area contributed by atoms with Gasteiger partial charge in [-0.25, -0.2) is 0 Å². The summed E-state index contributed by atoms with van der Waals surface area (Å²) in [6, 6.07) is 17.4. The molecule has 0 amide bonds. The van der Waals surface area contributed by atoms with Gasteiger partial charge in [-0.05, 0) is 35.2 Å². The predicted molar refractivity (Wildman–Crippen MR) is 83.8 cm³/mol. The van der Waals surface area contributed by atoms with E-state index in [1.165, 1.54) is 0 Å². The predicted octanol–water partition coefficient (Wildman–Crippen LogP) is 5.40. The van der Waals surface area contributed by atoms with Gasteiger partial charge < -0.3 is 5.73 Å². The highest BCUT2D eigenvalue weighted by Gasteiger charge is 2.09. The van der Waals surface area contributed by atoms with Crippen molar-refractivity contribution >= 4 is 39.7 Å². The van der Waals surface area contributed by atoms with Crippen LogP contribution in [0, 0.1) is 0 Å². The van der Waals surface area contributed by atoms with E-state index >= 15 is 0 Å². The molecule has 0 aliphatic heterocycles. The quantitative estimate of drug-likeness (QED) is 0.596. The van der Waals surface area contributed by atoms with Crippen LogP contribution in [0.4, 0.5) is 5.69 Å². The Balaban J connectivity index is 2.37. The number of hydrogen-bond donors (Lipinski definition) is 1. The average Bonchev–Trinajstić information content (AvgIpc) is 2.43. The van der Waals surface area contributed by atoms with Gasteiger partial charge in [0.1, 0.15) is 0 Å². The number of nitrogens with two attached hydrogens (primary N) is 1.